The van der Waals surface area contributed by atoms with Gasteiger partial charge in [-0.15, -0.1) is 0 Å². The number of para-hydroxylation sites is 2. The number of aromatic amines is 2. The molecule has 4 heterocycles. The Kier molecular flexibility index (Phi) is 3.41. The van der Waals surface area contributed by atoms with Crippen molar-refractivity contribution >= 4 is 11.0 Å². The molecule has 0 saturated carbocycles. The summed E-state index contributed by atoms with van der Waals surface area (Å²) in [6.45, 7) is 0.759. The molecule has 0 aliphatic carbocycles. The number of hydrogen-bond donors (Lipinski definition) is 2. The number of fused-ring (bicyclic) bond motifs is 1. The SMILES string of the molecule is c1ccc2[nH]c(CCn3ccnc3-c3ccc(-c4ccn[nH]4)o3)nc2c1. The first-order chi connectivity index (χ1) is 12.9. The predicted molar refractivity (Wildman–Crippen MR) is 97.3 cm³/mol. The van der Waals surface area contributed by atoms with Gasteiger partial charge in [0.05, 0.1) is 11.0 Å². The lowest BCUT2D eigenvalue weighted by Gasteiger charge is -2.04. The van der Waals surface area contributed by atoms with Crippen LogP contribution in [0.4, 0.5) is 0 Å². The summed E-state index contributed by atoms with van der Waals surface area (Å²) < 4.78 is 8.01. The summed E-state index contributed by atoms with van der Waals surface area (Å²) in [6.07, 6.45) is 6.22. The first-order valence-electron chi connectivity index (χ1n) is 8.41. The second-order valence-corrected chi connectivity index (χ2v) is 6.03. The van der Waals surface area contributed by atoms with Crippen LogP contribution >= 0.6 is 0 Å². The molecule has 4 aromatic heterocycles. The lowest BCUT2D eigenvalue weighted by molar-refractivity contribution is 0.577. The number of hydrogen-bond acceptors (Lipinski definition) is 4. The molecule has 1 aromatic carbocycles. The fraction of sp³-hybridized carbons (Fsp3) is 0.105. The number of furan rings is 1. The molecule has 0 spiro atoms. The maximum atomic E-state index is 5.94. The fourth-order valence-electron chi connectivity index (χ4n) is 3.06. The summed E-state index contributed by atoms with van der Waals surface area (Å²) in [7, 11) is 0. The maximum absolute atomic E-state index is 5.94. The van der Waals surface area contributed by atoms with Crippen molar-refractivity contribution in [2.75, 3.05) is 0 Å². The van der Waals surface area contributed by atoms with Crippen LogP contribution < -0.4 is 0 Å². The minimum Gasteiger partial charge on any atom is -0.451 e. The normalized spacial score (nSPS) is 11.4. The Hall–Kier alpha value is -3.61. The molecule has 0 aliphatic rings. The Morgan fingerprint density at radius 2 is 1.92 bits per heavy atom. The number of aryl methyl sites for hydroxylation is 2. The molecule has 7 nitrogen and oxygen atoms in total. The summed E-state index contributed by atoms with van der Waals surface area (Å²) >= 11 is 0. The average molecular weight is 344 g/mol. The van der Waals surface area contributed by atoms with Crippen LogP contribution in [0.1, 0.15) is 5.82 Å². The van der Waals surface area contributed by atoms with Gasteiger partial charge in [-0.05, 0) is 30.3 Å². The lowest BCUT2D eigenvalue weighted by Crippen LogP contribution is -2.03. The standard InChI is InChI=1S/C19H16N6O/c1-2-4-14-13(3-1)22-18(23-14)8-11-25-12-10-20-19(25)17-6-5-16(26-17)15-7-9-21-24-15/h1-7,9-10,12H,8,11H2,(H,21,24)(H,22,23). The summed E-state index contributed by atoms with van der Waals surface area (Å²) in [5.41, 5.74) is 2.89. The summed E-state index contributed by atoms with van der Waals surface area (Å²) in [5.74, 6) is 3.23. The molecule has 0 radical (unpaired) electrons. The van der Waals surface area contributed by atoms with Gasteiger partial charge in [-0.25, -0.2) is 9.97 Å². The van der Waals surface area contributed by atoms with Gasteiger partial charge in [0.15, 0.2) is 17.3 Å². The third-order valence-corrected chi connectivity index (χ3v) is 4.34. The number of nitrogens with zero attached hydrogens (tertiary/aromatic N) is 4. The summed E-state index contributed by atoms with van der Waals surface area (Å²) in [4.78, 5) is 12.4. The van der Waals surface area contributed by atoms with Gasteiger partial charge >= 0.3 is 0 Å². The summed E-state index contributed by atoms with van der Waals surface area (Å²) in [5, 5.41) is 6.86. The van der Waals surface area contributed by atoms with Gasteiger partial charge < -0.3 is 14.0 Å². The highest BCUT2D eigenvalue weighted by atomic mass is 16.3. The number of aromatic nitrogens is 6. The van der Waals surface area contributed by atoms with E-state index in [0.717, 1.165) is 52.9 Å². The van der Waals surface area contributed by atoms with E-state index in [9.17, 15) is 0 Å². The molecule has 0 bridgehead atoms. The number of nitrogens with one attached hydrogen (secondary N) is 2. The van der Waals surface area contributed by atoms with Crippen molar-refractivity contribution in [3.8, 4) is 23.0 Å². The van der Waals surface area contributed by atoms with Crippen molar-refractivity contribution in [1.29, 1.82) is 0 Å². The van der Waals surface area contributed by atoms with Crippen LogP contribution in [-0.2, 0) is 13.0 Å². The molecular formula is C19H16N6O. The quantitative estimate of drug-likeness (QED) is 0.509. The van der Waals surface area contributed by atoms with Crippen LogP contribution in [0.3, 0.4) is 0 Å². The molecular weight excluding hydrogens is 328 g/mol. The molecule has 0 amide bonds. The van der Waals surface area contributed by atoms with Crippen LogP contribution in [-0.4, -0.2) is 29.7 Å². The number of imidazole rings is 2. The van der Waals surface area contributed by atoms with E-state index in [1.54, 1.807) is 12.4 Å². The molecule has 0 aliphatic heterocycles. The minimum absolute atomic E-state index is 0.726. The molecule has 26 heavy (non-hydrogen) atoms. The van der Waals surface area contributed by atoms with Gasteiger partial charge in [0, 0.05) is 31.6 Å². The lowest BCUT2D eigenvalue weighted by atomic mass is 10.3. The first-order valence-corrected chi connectivity index (χ1v) is 8.41. The number of H-pyrrole nitrogens is 2. The molecule has 7 heteroatoms. The first kappa shape index (κ1) is 14.7. The molecule has 0 unspecified atom stereocenters. The van der Waals surface area contributed by atoms with Crippen molar-refractivity contribution < 1.29 is 4.42 Å². The molecule has 0 fully saturated rings. The zero-order valence-electron chi connectivity index (χ0n) is 13.9. The molecule has 5 aromatic rings. The van der Waals surface area contributed by atoms with E-state index >= 15 is 0 Å². The number of rotatable bonds is 5. The third-order valence-electron chi connectivity index (χ3n) is 4.34. The van der Waals surface area contributed by atoms with Gasteiger partial charge in [0.25, 0.3) is 0 Å². The third kappa shape index (κ3) is 2.59. The summed E-state index contributed by atoms with van der Waals surface area (Å²) in [6, 6.07) is 13.8. The molecule has 0 atom stereocenters. The zero-order chi connectivity index (χ0) is 17.3. The van der Waals surface area contributed by atoms with Crippen molar-refractivity contribution in [3.63, 3.8) is 0 Å². The van der Waals surface area contributed by atoms with Gasteiger partial charge in [0.1, 0.15) is 11.5 Å². The monoisotopic (exact) mass is 344 g/mol. The van der Waals surface area contributed by atoms with Crippen LogP contribution in [0.15, 0.2) is 65.5 Å². The zero-order valence-corrected chi connectivity index (χ0v) is 13.9. The van der Waals surface area contributed by atoms with Crippen molar-refractivity contribution in [2.24, 2.45) is 0 Å². The Morgan fingerprint density at radius 1 is 1.00 bits per heavy atom. The molecule has 0 saturated heterocycles. The molecule has 5 rings (SSSR count). The van der Waals surface area contributed by atoms with E-state index in [1.165, 1.54) is 0 Å². The Morgan fingerprint density at radius 3 is 2.81 bits per heavy atom. The maximum Gasteiger partial charge on any atom is 0.176 e. The van der Waals surface area contributed by atoms with Crippen LogP contribution in [0, 0.1) is 0 Å². The van der Waals surface area contributed by atoms with E-state index < -0.39 is 0 Å². The molecule has 128 valence electrons. The smallest absolute Gasteiger partial charge is 0.176 e. The van der Waals surface area contributed by atoms with E-state index in [2.05, 4.69) is 29.7 Å². The highest BCUT2D eigenvalue weighted by Gasteiger charge is 2.13. The van der Waals surface area contributed by atoms with E-state index in [4.69, 9.17) is 4.42 Å². The largest absolute Gasteiger partial charge is 0.451 e. The Balaban J connectivity index is 1.37. The van der Waals surface area contributed by atoms with E-state index in [0.29, 0.717) is 0 Å². The predicted octanol–water partition coefficient (Wildman–Crippen LogP) is 3.65. The van der Waals surface area contributed by atoms with Crippen molar-refractivity contribution in [2.45, 2.75) is 13.0 Å². The number of benzene rings is 1. The van der Waals surface area contributed by atoms with Crippen LogP contribution in [0.5, 0.6) is 0 Å². The Labute approximate surface area is 148 Å². The second-order valence-electron chi connectivity index (χ2n) is 6.03. The Bertz CT molecular complexity index is 1110. The van der Waals surface area contributed by atoms with Crippen molar-refractivity contribution in [1.82, 2.24) is 29.7 Å². The second kappa shape index (κ2) is 6.03. The van der Waals surface area contributed by atoms with Gasteiger partial charge in [-0.3, -0.25) is 5.10 Å². The minimum atomic E-state index is 0.726. The van der Waals surface area contributed by atoms with Crippen LogP contribution in [0.25, 0.3) is 34.1 Å². The van der Waals surface area contributed by atoms with Gasteiger partial charge in [-0.1, -0.05) is 12.1 Å². The van der Waals surface area contributed by atoms with E-state index in [-0.39, 0.29) is 0 Å². The average Bonchev–Trinajstić information content (AvgIpc) is 3.46. The highest BCUT2D eigenvalue weighted by Crippen LogP contribution is 2.26. The highest BCUT2D eigenvalue weighted by molar-refractivity contribution is 5.74. The topological polar surface area (TPSA) is 88.3 Å². The van der Waals surface area contributed by atoms with Crippen LogP contribution in [0.2, 0.25) is 0 Å². The van der Waals surface area contributed by atoms with E-state index in [1.807, 2.05) is 48.7 Å². The van der Waals surface area contributed by atoms with Crippen molar-refractivity contribution in [3.05, 3.63) is 66.9 Å². The fourth-order valence-corrected chi connectivity index (χ4v) is 3.06. The van der Waals surface area contributed by atoms with Gasteiger partial charge in [0.2, 0.25) is 0 Å². The van der Waals surface area contributed by atoms with Gasteiger partial charge in [-0.2, -0.15) is 5.10 Å². The molecule has 2 N–H and O–H groups in total.